The number of ether oxygens (including phenoxy) is 2. The van der Waals surface area contributed by atoms with E-state index in [1.54, 1.807) is 6.92 Å². The van der Waals surface area contributed by atoms with E-state index < -0.39 is 11.0 Å². The van der Waals surface area contributed by atoms with Crippen molar-refractivity contribution in [2.75, 3.05) is 6.61 Å². The molecular weight excluding hydrogens is 320 g/mol. The second-order valence-electron chi connectivity index (χ2n) is 4.08. The van der Waals surface area contributed by atoms with Crippen LogP contribution in [-0.4, -0.2) is 17.6 Å². The molecule has 2 aromatic carbocycles. The van der Waals surface area contributed by atoms with E-state index in [9.17, 15) is 4.79 Å². The molecule has 0 fully saturated rings. The second-order valence-corrected chi connectivity index (χ2v) is 4.91. The Balaban J connectivity index is 2.04. The maximum Gasteiger partial charge on any atom is 0.358 e. The summed E-state index contributed by atoms with van der Waals surface area (Å²) in [6.45, 7) is 2.09. The van der Waals surface area contributed by atoms with E-state index in [1.165, 1.54) is 0 Å². The molecule has 0 saturated carbocycles. The highest BCUT2D eigenvalue weighted by atomic mass is 79.9. The maximum absolute atomic E-state index is 11.4. The molecule has 0 aliphatic carbocycles. The van der Waals surface area contributed by atoms with E-state index >= 15 is 0 Å². The van der Waals surface area contributed by atoms with Crippen LogP contribution >= 0.6 is 15.9 Å². The highest BCUT2D eigenvalue weighted by molar-refractivity contribution is 9.09. The van der Waals surface area contributed by atoms with Crippen LogP contribution in [0.1, 0.15) is 6.92 Å². The molecule has 0 heterocycles. The predicted octanol–water partition coefficient (Wildman–Crippen LogP) is 4.02. The van der Waals surface area contributed by atoms with Crippen molar-refractivity contribution in [1.29, 1.82) is 0 Å². The quantitative estimate of drug-likeness (QED) is 0.612. The number of alkyl halides is 1. The lowest BCUT2D eigenvalue weighted by molar-refractivity contribution is -0.146. The number of halogens is 1. The molecular formula is C16H15BrO3. The van der Waals surface area contributed by atoms with Gasteiger partial charge in [0.15, 0.2) is 0 Å². The van der Waals surface area contributed by atoms with Crippen molar-refractivity contribution in [2.45, 2.75) is 11.9 Å². The first-order valence-electron chi connectivity index (χ1n) is 6.33. The van der Waals surface area contributed by atoms with Gasteiger partial charge in [-0.25, -0.2) is 4.79 Å². The molecule has 0 aromatic heterocycles. The fourth-order valence-corrected chi connectivity index (χ4v) is 2.08. The number of rotatable bonds is 5. The fraction of sp³-hybridized carbons (Fsp3) is 0.188. The van der Waals surface area contributed by atoms with Gasteiger partial charge in [-0.1, -0.05) is 42.5 Å². The zero-order chi connectivity index (χ0) is 14.4. The van der Waals surface area contributed by atoms with Gasteiger partial charge in [-0.2, -0.15) is 0 Å². The SMILES string of the molecule is CCOC(=O)C(Br)Oc1ccc(-c2ccccc2)cc1. The van der Waals surface area contributed by atoms with E-state index in [0.29, 0.717) is 12.4 Å². The van der Waals surface area contributed by atoms with Gasteiger partial charge in [-0.3, -0.25) is 0 Å². The van der Waals surface area contributed by atoms with Gasteiger partial charge in [0, 0.05) is 0 Å². The van der Waals surface area contributed by atoms with Crippen LogP contribution in [0.2, 0.25) is 0 Å². The molecule has 2 rings (SSSR count). The molecule has 0 radical (unpaired) electrons. The lowest BCUT2D eigenvalue weighted by Gasteiger charge is -2.12. The van der Waals surface area contributed by atoms with Gasteiger partial charge in [-0.05, 0) is 46.1 Å². The molecule has 0 N–H and O–H groups in total. The number of hydrogen-bond acceptors (Lipinski definition) is 3. The smallest absolute Gasteiger partial charge is 0.358 e. The van der Waals surface area contributed by atoms with Crippen molar-refractivity contribution in [3.8, 4) is 16.9 Å². The van der Waals surface area contributed by atoms with Gasteiger partial charge in [0.2, 0.25) is 5.01 Å². The van der Waals surface area contributed by atoms with Gasteiger partial charge < -0.3 is 9.47 Å². The van der Waals surface area contributed by atoms with Crippen molar-refractivity contribution in [2.24, 2.45) is 0 Å². The highest BCUT2D eigenvalue weighted by Gasteiger charge is 2.17. The van der Waals surface area contributed by atoms with Gasteiger partial charge >= 0.3 is 5.97 Å². The first kappa shape index (κ1) is 14.6. The monoisotopic (exact) mass is 334 g/mol. The van der Waals surface area contributed by atoms with Gasteiger partial charge in [0.25, 0.3) is 0 Å². The first-order valence-corrected chi connectivity index (χ1v) is 7.25. The Morgan fingerprint density at radius 2 is 1.65 bits per heavy atom. The summed E-state index contributed by atoms with van der Waals surface area (Å²) in [4.78, 5) is 11.4. The second kappa shape index (κ2) is 7.10. The molecule has 3 nitrogen and oxygen atoms in total. The topological polar surface area (TPSA) is 35.5 Å². The predicted molar refractivity (Wildman–Crippen MR) is 81.9 cm³/mol. The van der Waals surface area contributed by atoms with Crippen molar-refractivity contribution >= 4 is 21.9 Å². The summed E-state index contributed by atoms with van der Waals surface area (Å²) in [7, 11) is 0. The molecule has 1 atom stereocenters. The van der Waals surface area contributed by atoms with Crippen LogP contribution < -0.4 is 4.74 Å². The molecule has 0 aliphatic rings. The van der Waals surface area contributed by atoms with Crippen molar-refractivity contribution in [3.63, 3.8) is 0 Å². The average molecular weight is 335 g/mol. The van der Waals surface area contributed by atoms with Gasteiger partial charge in [0.05, 0.1) is 6.61 Å². The van der Waals surface area contributed by atoms with E-state index in [4.69, 9.17) is 9.47 Å². The Kier molecular flexibility index (Phi) is 5.18. The zero-order valence-corrected chi connectivity index (χ0v) is 12.7. The number of carbonyl (C=O) groups excluding carboxylic acids is 1. The van der Waals surface area contributed by atoms with Crippen LogP contribution in [0.25, 0.3) is 11.1 Å². The standard InChI is InChI=1S/C16H15BrO3/c1-2-19-16(18)15(17)20-14-10-8-13(9-11-14)12-6-4-3-5-7-12/h3-11,15H,2H2,1H3. The third-order valence-electron chi connectivity index (χ3n) is 2.67. The van der Waals surface area contributed by atoms with Crippen LogP contribution in [0.4, 0.5) is 0 Å². The molecule has 104 valence electrons. The van der Waals surface area contributed by atoms with E-state index in [1.807, 2.05) is 54.6 Å². The van der Waals surface area contributed by atoms with Gasteiger partial charge in [-0.15, -0.1) is 0 Å². The molecule has 1 unspecified atom stereocenters. The Morgan fingerprint density at radius 3 is 2.25 bits per heavy atom. The summed E-state index contributed by atoms with van der Waals surface area (Å²) in [5.41, 5.74) is 2.24. The Morgan fingerprint density at radius 1 is 1.05 bits per heavy atom. The van der Waals surface area contributed by atoms with Crippen LogP contribution in [0.3, 0.4) is 0 Å². The van der Waals surface area contributed by atoms with Crippen molar-refractivity contribution < 1.29 is 14.3 Å². The van der Waals surface area contributed by atoms with E-state index in [2.05, 4.69) is 15.9 Å². The molecule has 0 bridgehead atoms. The summed E-state index contributed by atoms with van der Waals surface area (Å²) in [5.74, 6) is 0.180. The number of esters is 1. The zero-order valence-electron chi connectivity index (χ0n) is 11.1. The summed E-state index contributed by atoms with van der Waals surface area (Å²) < 4.78 is 10.3. The number of benzene rings is 2. The summed E-state index contributed by atoms with van der Waals surface area (Å²) in [6.07, 6.45) is 0. The van der Waals surface area contributed by atoms with Crippen LogP contribution in [-0.2, 0) is 9.53 Å². The number of hydrogen-bond donors (Lipinski definition) is 0. The molecule has 4 heteroatoms. The minimum atomic E-state index is -0.787. The molecule has 20 heavy (non-hydrogen) atoms. The van der Waals surface area contributed by atoms with Crippen LogP contribution in [0, 0.1) is 0 Å². The van der Waals surface area contributed by atoms with E-state index in [-0.39, 0.29) is 0 Å². The molecule has 0 amide bonds. The normalized spacial score (nSPS) is 11.7. The Bertz CT molecular complexity index is 552. The molecule has 0 spiro atoms. The van der Waals surface area contributed by atoms with Crippen LogP contribution in [0.5, 0.6) is 5.75 Å². The lowest BCUT2D eigenvalue weighted by Crippen LogP contribution is -2.23. The largest absolute Gasteiger partial charge is 0.467 e. The minimum absolute atomic E-state index is 0.331. The highest BCUT2D eigenvalue weighted by Crippen LogP contribution is 2.23. The third-order valence-corrected chi connectivity index (χ3v) is 3.23. The van der Waals surface area contributed by atoms with Crippen molar-refractivity contribution in [1.82, 2.24) is 0 Å². The molecule has 0 aliphatic heterocycles. The first-order chi connectivity index (χ1) is 9.70. The van der Waals surface area contributed by atoms with Crippen molar-refractivity contribution in [3.05, 3.63) is 54.6 Å². The summed E-state index contributed by atoms with van der Waals surface area (Å²) in [6, 6.07) is 17.6. The Hall–Kier alpha value is -1.81. The molecule has 0 saturated heterocycles. The van der Waals surface area contributed by atoms with Crippen LogP contribution in [0.15, 0.2) is 54.6 Å². The molecule has 2 aromatic rings. The fourth-order valence-electron chi connectivity index (χ4n) is 1.73. The minimum Gasteiger partial charge on any atom is -0.467 e. The Labute approximate surface area is 126 Å². The maximum atomic E-state index is 11.4. The summed E-state index contributed by atoms with van der Waals surface area (Å²) >= 11 is 3.15. The lowest BCUT2D eigenvalue weighted by atomic mass is 10.1. The average Bonchev–Trinajstić information content (AvgIpc) is 2.49. The van der Waals surface area contributed by atoms with E-state index in [0.717, 1.165) is 11.1 Å². The van der Waals surface area contributed by atoms with Gasteiger partial charge in [0.1, 0.15) is 5.75 Å². The number of carbonyl (C=O) groups is 1. The summed E-state index contributed by atoms with van der Waals surface area (Å²) in [5, 5.41) is -0.787. The third kappa shape index (κ3) is 3.84.